The molecule has 0 aliphatic carbocycles. The molecule has 0 spiro atoms. The lowest BCUT2D eigenvalue weighted by atomic mass is 10.1. The minimum absolute atomic E-state index is 0.163. The molecule has 0 aliphatic heterocycles. The van der Waals surface area contributed by atoms with Crippen LogP contribution < -0.4 is 10.1 Å². The van der Waals surface area contributed by atoms with Crippen LogP contribution in [-0.2, 0) is 6.61 Å². The lowest BCUT2D eigenvalue weighted by molar-refractivity contribution is 0.299. The van der Waals surface area contributed by atoms with E-state index in [1.165, 1.54) is 6.07 Å². The van der Waals surface area contributed by atoms with Crippen molar-refractivity contribution in [2.75, 3.05) is 6.54 Å². The molecule has 0 saturated heterocycles. The van der Waals surface area contributed by atoms with Crippen molar-refractivity contribution in [2.45, 2.75) is 26.5 Å². The Balaban J connectivity index is 2.10. The minimum Gasteiger partial charge on any atom is -0.489 e. The molecule has 2 aromatic rings. The third-order valence-electron chi connectivity index (χ3n) is 3.27. The first-order valence-corrected chi connectivity index (χ1v) is 7.01. The van der Waals surface area contributed by atoms with Crippen LogP contribution in [0.5, 0.6) is 5.75 Å². The Hall–Kier alpha value is -1.94. The molecular weight excluding hydrogens is 272 g/mol. The van der Waals surface area contributed by atoms with E-state index in [1.54, 1.807) is 0 Å². The first-order valence-electron chi connectivity index (χ1n) is 7.01. The zero-order valence-corrected chi connectivity index (χ0v) is 12.2. The van der Waals surface area contributed by atoms with E-state index in [-0.39, 0.29) is 12.6 Å². The third-order valence-corrected chi connectivity index (χ3v) is 3.27. The molecule has 1 unspecified atom stereocenters. The summed E-state index contributed by atoms with van der Waals surface area (Å²) in [4.78, 5) is 0. The Kier molecular flexibility index (Phi) is 5.28. The number of para-hydroxylation sites is 1. The second-order valence-electron chi connectivity index (χ2n) is 4.85. The van der Waals surface area contributed by atoms with Crippen LogP contribution in [0.15, 0.2) is 42.5 Å². The highest BCUT2D eigenvalue weighted by Crippen LogP contribution is 2.25. The van der Waals surface area contributed by atoms with Crippen molar-refractivity contribution in [3.63, 3.8) is 0 Å². The highest BCUT2D eigenvalue weighted by atomic mass is 19.2. The van der Waals surface area contributed by atoms with Crippen molar-refractivity contribution in [1.29, 1.82) is 0 Å². The Morgan fingerprint density at radius 3 is 2.57 bits per heavy atom. The molecule has 2 nitrogen and oxygen atoms in total. The molecule has 0 aliphatic rings. The van der Waals surface area contributed by atoms with Gasteiger partial charge in [-0.15, -0.1) is 0 Å². The molecule has 0 aromatic heterocycles. The van der Waals surface area contributed by atoms with Crippen molar-refractivity contribution in [3.05, 3.63) is 65.2 Å². The molecule has 0 saturated carbocycles. The fourth-order valence-corrected chi connectivity index (χ4v) is 2.18. The van der Waals surface area contributed by atoms with Crippen molar-refractivity contribution in [1.82, 2.24) is 5.32 Å². The molecule has 0 heterocycles. The Labute approximate surface area is 123 Å². The number of halogens is 2. The fraction of sp³-hybridized carbons (Fsp3) is 0.294. The Bertz CT molecular complexity index is 601. The van der Waals surface area contributed by atoms with Gasteiger partial charge in [0, 0.05) is 11.6 Å². The molecule has 0 radical (unpaired) electrons. The number of hydrogen-bond acceptors (Lipinski definition) is 2. The molecule has 21 heavy (non-hydrogen) atoms. The van der Waals surface area contributed by atoms with Crippen LogP contribution in [0.1, 0.15) is 31.0 Å². The highest BCUT2D eigenvalue weighted by Gasteiger charge is 2.10. The molecule has 1 N–H and O–H groups in total. The van der Waals surface area contributed by atoms with Crippen LogP contribution >= 0.6 is 0 Å². The lowest BCUT2D eigenvalue weighted by Gasteiger charge is -2.17. The van der Waals surface area contributed by atoms with E-state index in [0.717, 1.165) is 30.0 Å². The van der Waals surface area contributed by atoms with E-state index < -0.39 is 11.6 Å². The Morgan fingerprint density at radius 1 is 1.10 bits per heavy atom. The van der Waals surface area contributed by atoms with E-state index in [4.69, 9.17) is 4.74 Å². The molecule has 2 rings (SSSR count). The molecule has 112 valence electrons. The summed E-state index contributed by atoms with van der Waals surface area (Å²) in [6.07, 6.45) is 0. The van der Waals surface area contributed by atoms with Crippen molar-refractivity contribution in [2.24, 2.45) is 0 Å². The molecule has 0 bridgehead atoms. The maximum atomic E-state index is 13.2. The van der Waals surface area contributed by atoms with Gasteiger partial charge in [-0.3, -0.25) is 0 Å². The van der Waals surface area contributed by atoms with Gasteiger partial charge in [0.15, 0.2) is 11.6 Å². The molecule has 1 atom stereocenters. The summed E-state index contributed by atoms with van der Waals surface area (Å²) >= 11 is 0. The smallest absolute Gasteiger partial charge is 0.159 e. The normalized spacial score (nSPS) is 12.2. The number of nitrogens with one attached hydrogen (secondary N) is 1. The van der Waals surface area contributed by atoms with E-state index in [9.17, 15) is 8.78 Å². The molecule has 4 heteroatoms. The summed E-state index contributed by atoms with van der Waals surface area (Å²) in [5, 5.41) is 3.33. The van der Waals surface area contributed by atoms with E-state index in [0.29, 0.717) is 5.56 Å². The maximum absolute atomic E-state index is 13.2. The summed E-state index contributed by atoms with van der Waals surface area (Å²) in [5.41, 5.74) is 1.64. The predicted octanol–water partition coefficient (Wildman–Crippen LogP) is 4.21. The van der Waals surface area contributed by atoms with Crippen LogP contribution in [0.2, 0.25) is 0 Å². The SMILES string of the molecule is CCNC(C)c1ccccc1OCc1ccc(F)c(F)c1. The van der Waals surface area contributed by atoms with E-state index >= 15 is 0 Å². The summed E-state index contributed by atoms with van der Waals surface area (Å²) in [5.74, 6) is -0.957. The topological polar surface area (TPSA) is 21.3 Å². The predicted molar refractivity (Wildman–Crippen MR) is 79.2 cm³/mol. The standard InChI is InChI=1S/C17H19F2NO/c1-3-20-12(2)14-6-4-5-7-17(14)21-11-13-8-9-15(18)16(19)10-13/h4-10,12,20H,3,11H2,1-2H3. The summed E-state index contributed by atoms with van der Waals surface area (Å²) < 4.78 is 31.8. The summed E-state index contributed by atoms with van der Waals surface area (Å²) in [6.45, 7) is 5.16. The second-order valence-corrected chi connectivity index (χ2v) is 4.85. The number of ether oxygens (including phenoxy) is 1. The number of benzene rings is 2. The van der Waals surface area contributed by atoms with Crippen molar-refractivity contribution < 1.29 is 13.5 Å². The molecule has 0 fully saturated rings. The third kappa shape index (κ3) is 4.02. The Morgan fingerprint density at radius 2 is 1.86 bits per heavy atom. The van der Waals surface area contributed by atoms with Crippen LogP contribution in [0.4, 0.5) is 8.78 Å². The van der Waals surface area contributed by atoms with Gasteiger partial charge in [0.1, 0.15) is 12.4 Å². The van der Waals surface area contributed by atoms with Gasteiger partial charge >= 0.3 is 0 Å². The van der Waals surface area contributed by atoms with Crippen LogP contribution in [0.3, 0.4) is 0 Å². The van der Waals surface area contributed by atoms with E-state index in [2.05, 4.69) is 12.2 Å². The molecule has 2 aromatic carbocycles. The van der Waals surface area contributed by atoms with Gasteiger partial charge in [0.25, 0.3) is 0 Å². The minimum atomic E-state index is -0.856. The first-order chi connectivity index (χ1) is 10.1. The van der Waals surface area contributed by atoms with E-state index in [1.807, 2.05) is 31.2 Å². The van der Waals surface area contributed by atoms with Gasteiger partial charge in [-0.2, -0.15) is 0 Å². The average Bonchev–Trinajstić information content (AvgIpc) is 2.49. The van der Waals surface area contributed by atoms with Crippen molar-refractivity contribution in [3.8, 4) is 5.75 Å². The molecule has 0 amide bonds. The maximum Gasteiger partial charge on any atom is 0.159 e. The largest absolute Gasteiger partial charge is 0.489 e. The van der Waals surface area contributed by atoms with Gasteiger partial charge in [-0.05, 0) is 37.2 Å². The van der Waals surface area contributed by atoms with Gasteiger partial charge in [0.05, 0.1) is 0 Å². The summed E-state index contributed by atoms with van der Waals surface area (Å²) in [7, 11) is 0. The van der Waals surface area contributed by atoms with Gasteiger partial charge in [0.2, 0.25) is 0 Å². The fourth-order valence-electron chi connectivity index (χ4n) is 2.18. The van der Waals surface area contributed by atoms with Crippen LogP contribution in [0.25, 0.3) is 0 Å². The monoisotopic (exact) mass is 291 g/mol. The lowest BCUT2D eigenvalue weighted by Crippen LogP contribution is -2.18. The number of hydrogen-bond donors (Lipinski definition) is 1. The zero-order chi connectivity index (χ0) is 15.2. The van der Waals surface area contributed by atoms with Gasteiger partial charge in [-0.25, -0.2) is 8.78 Å². The van der Waals surface area contributed by atoms with Gasteiger partial charge in [-0.1, -0.05) is 31.2 Å². The average molecular weight is 291 g/mol. The number of rotatable bonds is 6. The van der Waals surface area contributed by atoms with Crippen LogP contribution in [0, 0.1) is 11.6 Å². The zero-order valence-electron chi connectivity index (χ0n) is 12.2. The summed E-state index contributed by atoms with van der Waals surface area (Å²) in [6, 6.07) is 11.7. The van der Waals surface area contributed by atoms with Gasteiger partial charge < -0.3 is 10.1 Å². The molecular formula is C17H19F2NO. The van der Waals surface area contributed by atoms with Crippen LogP contribution in [-0.4, -0.2) is 6.54 Å². The van der Waals surface area contributed by atoms with Crippen molar-refractivity contribution >= 4 is 0 Å². The quantitative estimate of drug-likeness (QED) is 0.860. The first kappa shape index (κ1) is 15.4. The highest BCUT2D eigenvalue weighted by molar-refractivity contribution is 5.36. The second kappa shape index (κ2) is 7.18.